The van der Waals surface area contributed by atoms with E-state index in [1.54, 1.807) is 6.92 Å². The van der Waals surface area contributed by atoms with Crippen molar-refractivity contribution in [2.75, 3.05) is 13.1 Å². The Morgan fingerprint density at radius 2 is 2.20 bits per heavy atom. The molecule has 0 aliphatic carbocycles. The summed E-state index contributed by atoms with van der Waals surface area (Å²) in [6.45, 7) is 3.33. The number of carbonyl (C=O) groups excluding carboxylic acids is 1. The molecule has 0 bridgehead atoms. The lowest BCUT2D eigenvalue weighted by molar-refractivity contribution is 0.0666. The number of carbonyl (C=O) groups is 1. The summed E-state index contributed by atoms with van der Waals surface area (Å²) < 4.78 is 5.17. The third-order valence-corrected chi connectivity index (χ3v) is 4.93. The van der Waals surface area contributed by atoms with Crippen LogP contribution >= 0.6 is 0 Å². The molecule has 1 saturated heterocycles. The van der Waals surface area contributed by atoms with E-state index in [0.29, 0.717) is 17.4 Å². The minimum atomic E-state index is -0.0208. The number of pyridine rings is 1. The number of likely N-dealkylation sites (tertiary alicyclic amines) is 1. The number of hydrogen-bond acceptors (Lipinski definition) is 4. The number of aryl methyl sites for hydroxylation is 1. The SMILES string of the molecule is Cc1ocnc1C(=O)N1CCCC(Cc2cnc3ccccc3c2)C1. The van der Waals surface area contributed by atoms with Gasteiger partial charge in [-0.05, 0) is 49.8 Å². The molecule has 3 aromatic rings. The van der Waals surface area contributed by atoms with Crippen molar-refractivity contribution in [3.05, 3.63) is 59.9 Å². The van der Waals surface area contributed by atoms with Crippen LogP contribution < -0.4 is 0 Å². The molecule has 25 heavy (non-hydrogen) atoms. The fraction of sp³-hybridized carbons (Fsp3) is 0.350. The number of aromatic nitrogens is 2. The van der Waals surface area contributed by atoms with Gasteiger partial charge in [0.15, 0.2) is 12.1 Å². The zero-order valence-electron chi connectivity index (χ0n) is 14.3. The van der Waals surface area contributed by atoms with Crippen molar-refractivity contribution in [3.8, 4) is 0 Å². The maximum Gasteiger partial charge on any atom is 0.276 e. The molecule has 1 amide bonds. The van der Waals surface area contributed by atoms with Crippen LogP contribution in [-0.2, 0) is 6.42 Å². The molecule has 1 unspecified atom stereocenters. The average molecular weight is 335 g/mol. The van der Waals surface area contributed by atoms with Gasteiger partial charge in [0.1, 0.15) is 5.76 Å². The normalized spacial score (nSPS) is 17.8. The first kappa shape index (κ1) is 15.8. The van der Waals surface area contributed by atoms with E-state index in [-0.39, 0.29) is 5.91 Å². The van der Waals surface area contributed by atoms with Gasteiger partial charge in [0.25, 0.3) is 5.91 Å². The molecule has 4 rings (SSSR count). The van der Waals surface area contributed by atoms with Crippen molar-refractivity contribution in [1.29, 1.82) is 0 Å². The predicted molar refractivity (Wildman–Crippen MR) is 95.3 cm³/mol. The van der Waals surface area contributed by atoms with Gasteiger partial charge in [-0.3, -0.25) is 9.78 Å². The maximum atomic E-state index is 12.6. The first-order valence-electron chi connectivity index (χ1n) is 8.74. The van der Waals surface area contributed by atoms with E-state index >= 15 is 0 Å². The van der Waals surface area contributed by atoms with Crippen molar-refractivity contribution in [3.63, 3.8) is 0 Å². The molecule has 5 nitrogen and oxygen atoms in total. The highest BCUT2D eigenvalue weighted by Gasteiger charge is 2.27. The Hall–Kier alpha value is -2.69. The predicted octanol–water partition coefficient (Wildman–Crippen LogP) is 3.63. The summed E-state index contributed by atoms with van der Waals surface area (Å²) in [5, 5.41) is 1.17. The highest BCUT2D eigenvalue weighted by molar-refractivity contribution is 5.93. The largest absolute Gasteiger partial charge is 0.448 e. The lowest BCUT2D eigenvalue weighted by Crippen LogP contribution is -2.40. The van der Waals surface area contributed by atoms with E-state index in [4.69, 9.17) is 4.42 Å². The highest BCUT2D eigenvalue weighted by atomic mass is 16.3. The molecule has 1 fully saturated rings. The van der Waals surface area contributed by atoms with Crippen molar-refractivity contribution in [1.82, 2.24) is 14.9 Å². The minimum absolute atomic E-state index is 0.0208. The van der Waals surface area contributed by atoms with Gasteiger partial charge in [-0.25, -0.2) is 4.98 Å². The molecule has 1 aliphatic heterocycles. The summed E-state index contributed by atoms with van der Waals surface area (Å²) >= 11 is 0. The Morgan fingerprint density at radius 1 is 1.32 bits per heavy atom. The average Bonchev–Trinajstić information content (AvgIpc) is 3.07. The van der Waals surface area contributed by atoms with Gasteiger partial charge in [-0.2, -0.15) is 0 Å². The fourth-order valence-electron chi connectivity index (χ4n) is 3.64. The maximum absolute atomic E-state index is 12.6. The van der Waals surface area contributed by atoms with Crippen LogP contribution in [0.4, 0.5) is 0 Å². The Morgan fingerprint density at radius 3 is 3.04 bits per heavy atom. The van der Waals surface area contributed by atoms with E-state index < -0.39 is 0 Å². The number of piperidine rings is 1. The first-order chi connectivity index (χ1) is 12.2. The summed E-state index contributed by atoms with van der Waals surface area (Å²) in [6, 6.07) is 10.4. The van der Waals surface area contributed by atoms with Crippen LogP contribution in [0.5, 0.6) is 0 Å². The van der Waals surface area contributed by atoms with Gasteiger partial charge in [0.2, 0.25) is 0 Å². The first-order valence-corrected chi connectivity index (χ1v) is 8.74. The smallest absolute Gasteiger partial charge is 0.276 e. The van der Waals surface area contributed by atoms with Crippen molar-refractivity contribution in [2.45, 2.75) is 26.2 Å². The Balaban J connectivity index is 1.47. The zero-order valence-corrected chi connectivity index (χ0v) is 14.3. The van der Waals surface area contributed by atoms with Gasteiger partial charge in [-0.15, -0.1) is 0 Å². The molecule has 2 aromatic heterocycles. The van der Waals surface area contributed by atoms with Crippen LogP contribution in [0.1, 0.15) is 34.7 Å². The van der Waals surface area contributed by atoms with E-state index in [1.165, 1.54) is 17.3 Å². The van der Waals surface area contributed by atoms with Crippen LogP contribution in [0.2, 0.25) is 0 Å². The van der Waals surface area contributed by atoms with E-state index in [9.17, 15) is 4.79 Å². The topological polar surface area (TPSA) is 59.2 Å². The molecular weight excluding hydrogens is 314 g/mol. The van der Waals surface area contributed by atoms with Crippen molar-refractivity contribution < 1.29 is 9.21 Å². The minimum Gasteiger partial charge on any atom is -0.448 e. The van der Waals surface area contributed by atoms with Crippen LogP contribution in [0.25, 0.3) is 10.9 Å². The second-order valence-electron chi connectivity index (χ2n) is 6.76. The van der Waals surface area contributed by atoms with Gasteiger partial charge in [0.05, 0.1) is 5.52 Å². The van der Waals surface area contributed by atoms with E-state index in [1.807, 2.05) is 29.3 Å². The number of fused-ring (bicyclic) bond motifs is 1. The van der Waals surface area contributed by atoms with Crippen molar-refractivity contribution in [2.24, 2.45) is 5.92 Å². The zero-order chi connectivity index (χ0) is 17.2. The summed E-state index contributed by atoms with van der Waals surface area (Å²) in [6.07, 6.45) is 6.40. The highest BCUT2D eigenvalue weighted by Crippen LogP contribution is 2.24. The summed E-state index contributed by atoms with van der Waals surface area (Å²) in [7, 11) is 0. The summed E-state index contributed by atoms with van der Waals surface area (Å²) in [5.74, 6) is 1.02. The Kier molecular flexibility index (Phi) is 4.22. The molecule has 1 atom stereocenters. The third-order valence-electron chi connectivity index (χ3n) is 4.93. The Labute approximate surface area is 146 Å². The van der Waals surface area contributed by atoms with Crippen LogP contribution in [0.15, 0.2) is 47.3 Å². The molecule has 3 heterocycles. The molecule has 5 heteroatoms. The van der Waals surface area contributed by atoms with Gasteiger partial charge in [-0.1, -0.05) is 18.2 Å². The second-order valence-corrected chi connectivity index (χ2v) is 6.76. The quantitative estimate of drug-likeness (QED) is 0.733. The summed E-state index contributed by atoms with van der Waals surface area (Å²) in [4.78, 5) is 23.2. The third kappa shape index (κ3) is 3.27. The number of para-hydroxylation sites is 1. The number of benzene rings is 1. The summed E-state index contributed by atoms with van der Waals surface area (Å²) in [5.41, 5.74) is 2.69. The van der Waals surface area contributed by atoms with Crippen LogP contribution in [0, 0.1) is 12.8 Å². The molecule has 1 aromatic carbocycles. The number of hydrogen-bond donors (Lipinski definition) is 0. The lowest BCUT2D eigenvalue weighted by atomic mass is 9.91. The number of nitrogens with zero attached hydrogens (tertiary/aromatic N) is 3. The number of amides is 1. The van der Waals surface area contributed by atoms with E-state index in [0.717, 1.165) is 37.9 Å². The van der Waals surface area contributed by atoms with Gasteiger partial charge < -0.3 is 9.32 Å². The standard InChI is InChI=1S/C20H21N3O2/c1-14-19(22-13-25-14)20(24)23-8-4-5-15(12-23)9-16-10-17-6-2-3-7-18(17)21-11-16/h2-3,6-7,10-11,13,15H,4-5,8-9,12H2,1H3. The van der Waals surface area contributed by atoms with E-state index in [2.05, 4.69) is 22.1 Å². The van der Waals surface area contributed by atoms with Crippen LogP contribution in [0.3, 0.4) is 0 Å². The molecule has 0 spiro atoms. The van der Waals surface area contributed by atoms with Crippen molar-refractivity contribution >= 4 is 16.8 Å². The number of oxazole rings is 1. The fourth-order valence-corrected chi connectivity index (χ4v) is 3.64. The molecule has 0 radical (unpaired) electrons. The molecule has 1 aliphatic rings. The monoisotopic (exact) mass is 335 g/mol. The lowest BCUT2D eigenvalue weighted by Gasteiger charge is -2.32. The van der Waals surface area contributed by atoms with Crippen LogP contribution in [-0.4, -0.2) is 33.9 Å². The second kappa shape index (κ2) is 6.67. The number of rotatable bonds is 3. The molecular formula is C20H21N3O2. The molecule has 0 saturated carbocycles. The van der Waals surface area contributed by atoms with Gasteiger partial charge in [0, 0.05) is 24.7 Å². The molecule has 128 valence electrons. The molecule has 0 N–H and O–H groups in total. The van der Waals surface area contributed by atoms with Gasteiger partial charge >= 0.3 is 0 Å². The Bertz CT molecular complexity index is 903.